The lowest BCUT2D eigenvalue weighted by atomic mass is 9.99. The molecule has 0 amide bonds. The van der Waals surface area contributed by atoms with Crippen LogP contribution in [-0.2, 0) is 6.42 Å². The second-order valence-corrected chi connectivity index (χ2v) is 12.5. The zero-order valence-electron chi connectivity index (χ0n) is 26.2. The molecular weight excluding hydrogens is 534 g/mol. The van der Waals surface area contributed by atoms with Gasteiger partial charge in [0.25, 0.3) is 0 Å². The van der Waals surface area contributed by atoms with Crippen molar-refractivity contribution in [1.82, 2.24) is 4.90 Å². The minimum absolute atomic E-state index is 0.756. The van der Waals surface area contributed by atoms with Gasteiger partial charge in [0.05, 0.1) is 13.2 Å². The van der Waals surface area contributed by atoms with Gasteiger partial charge in [-0.05, 0) is 123 Å². The Bertz CT molecular complexity index is 1290. The Morgan fingerprint density at radius 2 is 1.31 bits per heavy atom. The third kappa shape index (κ3) is 9.88. The fourth-order valence-electron chi connectivity index (χ4n) is 5.47. The van der Waals surface area contributed by atoms with Crippen LogP contribution in [0.2, 0.25) is 0 Å². The first-order valence-electron chi connectivity index (χ1n) is 16.4. The van der Waals surface area contributed by atoms with E-state index >= 15 is 0 Å². The number of rotatable bonds is 15. The van der Waals surface area contributed by atoms with Crippen molar-refractivity contribution in [3.05, 3.63) is 83.9 Å². The van der Waals surface area contributed by atoms with E-state index in [1.54, 1.807) is 0 Å². The Kier molecular flexibility index (Phi) is 13.7. The molecule has 4 aromatic rings. The maximum Gasteiger partial charge on any atom is 0.119 e. The van der Waals surface area contributed by atoms with Crippen LogP contribution in [0.25, 0.3) is 20.5 Å². The van der Waals surface area contributed by atoms with Crippen LogP contribution in [0.1, 0.15) is 89.7 Å². The highest BCUT2D eigenvalue weighted by Gasteiger charge is 2.15. The van der Waals surface area contributed by atoms with Crippen molar-refractivity contribution in [2.45, 2.75) is 85.0 Å². The molecule has 3 aromatic carbocycles. The van der Waals surface area contributed by atoms with E-state index in [1.807, 2.05) is 11.3 Å². The molecule has 0 N–H and O–H groups in total. The van der Waals surface area contributed by atoms with E-state index in [4.69, 9.17) is 9.47 Å². The minimum Gasteiger partial charge on any atom is -0.494 e. The van der Waals surface area contributed by atoms with Crippen LogP contribution in [0.5, 0.6) is 11.5 Å². The van der Waals surface area contributed by atoms with Crippen LogP contribution >= 0.6 is 11.3 Å². The predicted octanol–water partition coefficient (Wildman–Crippen LogP) is 10.8. The molecule has 0 bridgehead atoms. The number of unbranched alkanes of at least 4 members (excludes halogenated alkanes) is 4. The molecule has 3 nitrogen and oxygen atoms in total. The summed E-state index contributed by atoms with van der Waals surface area (Å²) in [6, 6.07) is 26.0. The summed E-state index contributed by atoms with van der Waals surface area (Å²) in [4.78, 5) is 3.92. The summed E-state index contributed by atoms with van der Waals surface area (Å²) in [7, 11) is 0. The van der Waals surface area contributed by atoms with Gasteiger partial charge in [-0.1, -0.05) is 76.8 Å². The van der Waals surface area contributed by atoms with Gasteiger partial charge in [0.15, 0.2) is 0 Å². The molecule has 0 radical (unpaired) electrons. The van der Waals surface area contributed by atoms with Crippen LogP contribution in [0, 0.1) is 0 Å². The van der Waals surface area contributed by atoms with Crippen LogP contribution in [-0.4, -0.2) is 37.7 Å². The third-order valence-electron chi connectivity index (χ3n) is 7.89. The molecule has 1 aliphatic heterocycles. The maximum atomic E-state index is 6.04. The molecule has 1 aliphatic rings. The topological polar surface area (TPSA) is 21.7 Å². The highest BCUT2D eigenvalue weighted by Crippen LogP contribution is 2.40. The number of thiophene rings is 1. The summed E-state index contributed by atoms with van der Waals surface area (Å²) in [5.74, 6) is 1.91. The first kappa shape index (κ1) is 32.1. The van der Waals surface area contributed by atoms with E-state index in [2.05, 4.69) is 98.5 Å². The number of ether oxygens (including phenoxy) is 2. The summed E-state index contributed by atoms with van der Waals surface area (Å²) in [6.07, 6.45) is 12.5. The zero-order valence-corrected chi connectivity index (χ0v) is 27.0. The van der Waals surface area contributed by atoms with Gasteiger partial charge in [-0.25, -0.2) is 0 Å². The van der Waals surface area contributed by atoms with Gasteiger partial charge in [-0.2, -0.15) is 0 Å². The van der Waals surface area contributed by atoms with Crippen LogP contribution in [0.3, 0.4) is 0 Å². The molecule has 4 heteroatoms. The van der Waals surface area contributed by atoms with E-state index < -0.39 is 0 Å². The van der Waals surface area contributed by atoms with Crippen LogP contribution < -0.4 is 9.47 Å². The summed E-state index contributed by atoms with van der Waals surface area (Å²) in [5, 5.41) is 1.35. The van der Waals surface area contributed by atoms with Gasteiger partial charge < -0.3 is 14.4 Å². The second kappa shape index (κ2) is 18.0. The normalized spacial score (nSPS) is 13.2. The fraction of sp³-hybridized carbons (Fsp3) is 0.474. The Morgan fingerprint density at radius 1 is 0.667 bits per heavy atom. The Balaban J connectivity index is 0.000000612. The Morgan fingerprint density at radius 3 is 1.98 bits per heavy atom. The van der Waals surface area contributed by atoms with Crippen molar-refractivity contribution in [3.8, 4) is 21.9 Å². The third-order valence-corrected chi connectivity index (χ3v) is 9.15. The van der Waals surface area contributed by atoms with Gasteiger partial charge in [-0.3, -0.25) is 0 Å². The molecule has 1 saturated heterocycles. The number of likely N-dealkylation sites (tertiary alicyclic amines) is 1. The van der Waals surface area contributed by atoms with E-state index in [0.717, 1.165) is 44.0 Å². The lowest BCUT2D eigenvalue weighted by Gasteiger charge is -2.14. The number of fused-ring (bicyclic) bond motifs is 1. The summed E-state index contributed by atoms with van der Waals surface area (Å²) in [6.45, 7) is 11.9. The number of hydrogen-bond acceptors (Lipinski definition) is 4. The molecule has 0 saturated carbocycles. The van der Waals surface area contributed by atoms with E-state index in [9.17, 15) is 0 Å². The van der Waals surface area contributed by atoms with Crippen molar-refractivity contribution < 1.29 is 9.47 Å². The molecule has 5 rings (SSSR count). The Labute approximate surface area is 258 Å². The van der Waals surface area contributed by atoms with Crippen molar-refractivity contribution in [1.29, 1.82) is 0 Å². The molecule has 226 valence electrons. The van der Waals surface area contributed by atoms with Crippen molar-refractivity contribution in [3.63, 3.8) is 0 Å². The van der Waals surface area contributed by atoms with Crippen molar-refractivity contribution in [2.75, 3.05) is 32.8 Å². The molecule has 0 spiro atoms. The van der Waals surface area contributed by atoms with Gasteiger partial charge in [-0.15, -0.1) is 11.3 Å². The number of benzene rings is 3. The molecule has 1 fully saturated rings. The molecule has 0 atom stereocenters. The van der Waals surface area contributed by atoms with E-state index in [-0.39, 0.29) is 0 Å². The highest BCUT2D eigenvalue weighted by molar-refractivity contribution is 7.22. The first-order chi connectivity index (χ1) is 20.7. The quantitative estimate of drug-likeness (QED) is 0.130. The summed E-state index contributed by atoms with van der Waals surface area (Å²) < 4.78 is 13.2. The summed E-state index contributed by atoms with van der Waals surface area (Å²) >= 11 is 1.88. The smallest absolute Gasteiger partial charge is 0.119 e. The van der Waals surface area contributed by atoms with Gasteiger partial charge in [0.2, 0.25) is 0 Å². The molecule has 42 heavy (non-hydrogen) atoms. The monoisotopic (exact) mass is 585 g/mol. The fourth-order valence-corrected chi connectivity index (χ4v) is 6.70. The zero-order chi connectivity index (χ0) is 29.4. The molecule has 0 unspecified atom stereocenters. The SMILES string of the molecule is CCCCCC.CCCOc1ccc(-c2sc3ccccc3c2Cc2ccc(OCCCCN3CCCC3)cc2)cc1. The number of hydrogen-bond donors (Lipinski definition) is 0. The second-order valence-electron chi connectivity index (χ2n) is 11.4. The minimum atomic E-state index is 0.756. The standard InChI is InChI=1S/C32H37NO2S.C6H14/c1-2-22-34-28-17-13-26(14-18-28)32-30(29-9-3-4-10-31(29)36-32)24-25-11-15-27(16-12-25)35-23-8-7-21-33-19-5-6-20-33;1-3-5-6-4-2/h3-4,9-18H,2,5-8,19-24H2,1H3;3-6H2,1-2H3. The van der Waals surface area contributed by atoms with E-state index in [1.165, 1.54) is 96.2 Å². The van der Waals surface area contributed by atoms with Crippen molar-refractivity contribution in [2.24, 2.45) is 0 Å². The molecule has 0 aliphatic carbocycles. The lowest BCUT2D eigenvalue weighted by Crippen LogP contribution is -2.20. The predicted molar refractivity (Wildman–Crippen MR) is 183 cm³/mol. The molecule has 2 heterocycles. The number of nitrogens with zero attached hydrogens (tertiary/aromatic N) is 1. The highest BCUT2D eigenvalue weighted by atomic mass is 32.1. The van der Waals surface area contributed by atoms with Crippen molar-refractivity contribution >= 4 is 21.4 Å². The molecular formula is C38H51NO2S. The maximum absolute atomic E-state index is 6.04. The van der Waals surface area contributed by atoms with Crippen LogP contribution in [0.4, 0.5) is 0 Å². The first-order valence-corrected chi connectivity index (χ1v) is 17.2. The van der Waals surface area contributed by atoms with Gasteiger partial charge >= 0.3 is 0 Å². The molecule has 1 aromatic heterocycles. The van der Waals surface area contributed by atoms with E-state index in [0.29, 0.717) is 0 Å². The van der Waals surface area contributed by atoms with Gasteiger partial charge in [0, 0.05) is 9.58 Å². The lowest BCUT2D eigenvalue weighted by molar-refractivity contribution is 0.279. The largest absolute Gasteiger partial charge is 0.494 e. The van der Waals surface area contributed by atoms with Crippen LogP contribution in [0.15, 0.2) is 72.8 Å². The summed E-state index contributed by atoms with van der Waals surface area (Å²) in [5.41, 5.74) is 3.96. The Hall–Kier alpha value is -2.82. The average Bonchev–Trinajstić information content (AvgIpc) is 3.68. The average molecular weight is 586 g/mol. The van der Waals surface area contributed by atoms with Gasteiger partial charge in [0.1, 0.15) is 11.5 Å².